The fourth-order valence-corrected chi connectivity index (χ4v) is 3.46. The van der Waals surface area contributed by atoms with Crippen LogP contribution in [-0.2, 0) is 10.4 Å². The van der Waals surface area contributed by atoms with E-state index in [1.165, 1.54) is 19.3 Å². The molecule has 0 bridgehead atoms. The topological polar surface area (TPSA) is 37.4 Å². The molecule has 0 radical (unpaired) electrons. The van der Waals surface area contributed by atoms with Gasteiger partial charge in [0.2, 0.25) is 0 Å². The predicted molar refractivity (Wildman–Crippen MR) is 51.7 cm³/mol. The molecule has 2 aliphatic rings. The first-order chi connectivity index (χ1) is 6.57. The van der Waals surface area contributed by atoms with Crippen molar-refractivity contribution >= 4 is 10.4 Å². The lowest BCUT2D eigenvalue weighted by Crippen LogP contribution is -2.43. The van der Waals surface area contributed by atoms with E-state index in [2.05, 4.69) is 0 Å². The summed E-state index contributed by atoms with van der Waals surface area (Å²) in [5, 5.41) is 0. The van der Waals surface area contributed by atoms with Crippen molar-refractivity contribution in [3.05, 3.63) is 0 Å². The third-order valence-electron chi connectivity index (χ3n) is 3.56. The van der Waals surface area contributed by atoms with Crippen LogP contribution in [0.3, 0.4) is 0 Å². The molecule has 14 heavy (non-hydrogen) atoms. The zero-order valence-corrected chi connectivity index (χ0v) is 8.97. The Morgan fingerprint density at radius 1 is 1.07 bits per heavy atom. The molecule has 1 saturated carbocycles. The molecule has 2 atom stereocenters. The molecule has 2 unspecified atom stereocenters. The Balaban J connectivity index is 2.03. The quantitative estimate of drug-likeness (QED) is 0.632. The van der Waals surface area contributed by atoms with Gasteiger partial charge in [-0.25, -0.2) is 0 Å². The highest BCUT2D eigenvalue weighted by molar-refractivity contribution is 7.83. The minimum atomic E-state index is -4.44. The third kappa shape index (κ3) is 2.08. The van der Waals surface area contributed by atoms with Gasteiger partial charge in [0.1, 0.15) is 0 Å². The summed E-state index contributed by atoms with van der Waals surface area (Å²) in [6, 6.07) is 0. The molecule has 82 valence electrons. The van der Waals surface area contributed by atoms with Crippen molar-refractivity contribution in [2.75, 3.05) is 13.1 Å². The number of hydrogen-bond acceptors (Lipinski definition) is 2. The maximum absolute atomic E-state index is 12.7. The fraction of sp³-hybridized carbons (Fsp3) is 1.00. The van der Waals surface area contributed by atoms with E-state index in [1.807, 2.05) is 0 Å². The van der Waals surface area contributed by atoms with Gasteiger partial charge in [0.25, 0.3) is 0 Å². The molecule has 0 aromatic rings. The first-order valence-electron chi connectivity index (χ1n) is 5.27. The van der Waals surface area contributed by atoms with E-state index in [0.717, 1.165) is 17.1 Å². The molecule has 3 nitrogen and oxygen atoms in total. The SMILES string of the molecule is O=S(=O)(F)N1CCC2CCCCC2C1. The van der Waals surface area contributed by atoms with Gasteiger partial charge in [0.15, 0.2) is 0 Å². The van der Waals surface area contributed by atoms with Crippen LogP contribution in [0.4, 0.5) is 3.89 Å². The van der Waals surface area contributed by atoms with E-state index in [9.17, 15) is 12.3 Å². The number of halogens is 1. The second-order valence-electron chi connectivity index (χ2n) is 4.39. The van der Waals surface area contributed by atoms with Crippen LogP contribution >= 0.6 is 0 Å². The summed E-state index contributed by atoms with van der Waals surface area (Å²) in [5.74, 6) is 1.05. The van der Waals surface area contributed by atoms with Gasteiger partial charge in [-0.2, -0.15) is 12.7 Å². The number of fused-ring (bicyclic) bond motifs is 1. The highest BCUT2D eigenvalue weighted by Crippen LogP contribution is 2.36. The van der Waals surface area contributed by atoms with E-state index in [1.54, 1.807) is 0 Å². The normalized spacial score (nSPS) is 35.2. The number of piperidine rings is 1. The lowest BCUT2D eigenvalue weighted by atomic mass is 9.76. The highest BCUT2D eigenvalue weighted by atomic mass is 32.3. The lowest BCUT2D eigenvalue weighted by molar-refractivity contribution is 0.133. The maximum Gasteiger partial charge on any atom is 0.374 e. The van der Waals surface area contributed by atoms with Gasteiger partial charge in [-0.3, -0.25) is 0 Å². The Hall–Kier alpha value is -0.160. The van der Waals surface area contributed by atoms with Crippen LogP contribution in [0.5, 0.6) is 0 Å². The summed E-state index contributed by atoms with van der Waals surface area (Å²) in [6.07, 6.45) is 5.53. The van der Waals surface area contributed by atoms with E-state index in [0.29, 0.717) is 24.9 Å². The molecule has 1 aliphatic carbocycles. The molecule has 1 saturated heterocycles. The van der Waals surface area contributed by atoms with Crippen LogP contribution < -0.4 is 0 Å². The molecule has 0 aromatic carbocycles. The number of hydrogen-bond donors (Lipinski definition) is 0. The summed E-state index contributed by atoms with van der Waals surface area (Å²) in [6.45, 7) is 0.781. The minimum Gasteiger partial charge on any atom is -0.177 e. The van der Waals surface area contributed by atoms with Crippen LogP contribution in [0.25, 0.3) is 0 Å². The summed E-state index contributed by atoms with van der Waals surface area (Å²) in [5.41, 5.74) is 0. The van der Waals surface area contributed by atoms with Crippen molar-refractivity contribution in [1.82, 2.24) is 4.31 Å². The first kappa shape index (κ1) is 10.4. The Bertz CT molecular complexity index is 304. The Labute approximate surface area is 84.6 Å². The van der Waals surface area contributed by atoms with Crippen molar-refractivity contribution < 1.29 is 12.3 Å². The fourth-order valence-electron chi connectivity index (χ4n) is 2.77. The zero-order chi connectivity index (χ0) is 10.2. The predicted octanol–water partition coefficient (Wildman–Crippen LogP) is 1.71. The van der Waals surface area contributed by atoms with E-state index in [-0.39, 0.29) is 0 Å². The Morgan fingerprint density at radius 3 is 2.36 bits per heavy atom. The highest BCUT2D eigenvalue weighted by Gasteiger charge is 2.35. The second-order valence-corrected chi connectivity index (χ2v) is 5.73. The summed E-state index contributed by atoms with van der Waals surface area (Å²) in [7, 11) is -4.44. The van der Waals surface area contributed by atoms with Crippen molar-refractivity contribution in [3.8, 4) is 0 Å². The lowest BCUT2D eigenvalue weighted by Gasteiger charge is -2.39. The van der Waals surface area contributed by atoms with Gasteiger partial charge in [-0.1, -0.05) is 23.1 Å². The van der Waals surface area contributed by atoms with Gasteiger partial charge in [-0.05, 0) is 24.7 Å². The van der Waals surface area contributed by atoms with Gasteiger partial charge in [0.05, 0.1) is 0 Å². The maximum atomic E-state index is 12.7. The monoisotopic (exact) mass is 221 g/mol. The summed E-state index contributed by atoms with van der Waals surface area (Å²) < 4.78 is 35.2. The first-order valence-corrected chi connectivity index (χ1v) is 6.61. The van der Waals surface area contributed by atoms with Crippen LogP contribution in [0.15, 0.2) is 0 Å². The molecular weight excluding hydrogens is 205 g/mol. The molecule has 5 heteroatoms. The van der Waals surface area contributed by atoms with E-state index in [4.69, 9.17) is 0 Å². The molecule has 1 aliphatic heterocycles. The van der Waals surface area contributed by atoms with Crippen molar-refractivity contribution in [3.63, 3.8) is 0 Å². The summed E-state index contributed by atoms with van der Waals surface area (Å²) in [4.78, 5) is 0. The van der Waals surface area contributed by atoms with Crippen molar-refractivity contribution in [2.45, 2.75) is 32.1 Å². The van der Waals surface area contributed by atoms with Crippen LogP contribution in [-0.4, -0.2) is 25.8 Å². The van der Waals surface area contributed by atoms with E-state index < -0.39 is 10.4 Å². The molecule has 0 aromatic heterocycles. The standard InChI is InChI=1S/C9H16FNO2S/c10-14(12,13)11-6-5-8-3-1-2-4-9(8)7-11/h8-9H,1-7H2. The Kier molecular flexibility index (Phi) is 2.79. The molecule has 0 amide bonds. The van der Waals surface area contributed by atoms with Crippen LogP contribution in [0.2, 0.25) is 0 Å². The largest absolute Gasteiger partial charge is 0.374 e. The van der Waals surface area contributed by atoms with Gasteiger partial charge < -0.3 is 0 Å². The molecule has 1 heterocycles. The average Bonchev–Trinajstić information content (AvgIpc) is 2.16. The van der Waals surface area contributed by atoms with Gasteiger partial charge in [0, 0.05) is 13.1 Å². The molecule has 0 N–H and O–H groups in total. The minimum absolute atomic E-state index is 0.375. The smallest absolute Gasteiger partial charge is 0.177 e. The second kappa shape index (κ2) is 3.77. The van der Waals surface area contributed by atoms with Gasteiger partial charge >= 0.3 is 10.4 Å². The third-order valence-corrected chi connectivity index (χ3v) is 4.51. The average molecular weight is 221 g/mol. The van der Waals surface area contributed by atoms with Crippen LogP contribution in [0.1, 0.15) is 32.1 Å². The van der Waals surface area contributed by atoms with Gasteiger partial charge in [-0.15, -0.1) is 0 Å². The zero-order valence-electron chi connectivity index (χ0n) is 8.15. The number of rotatable bonds is 1. The van der Waals surface area contributed by atoms with Crippen molar-refractivity contribution in [2.24, 2.45) is 11.8 Å². The molecule has 2 rings (SSSR count). The molecule has 2 fully saturated rings. The van der Waals surface area contributed by atoms with Crippen molar-refractivity contribution in [1.29, 1.82) is 0 Å². The molecular formula is C9H16FNO2S. The van der Waals surface area contributed by atoms with Crippen LogP contribution in [0, 0.1) is 11.8 Å². The summed E-state index contributed by atoms with van der Waals surface area (Å²) >= 11 is 0. The molecule has 0 spiro atoms. The number of nitrogens with zero attached hydrogens (tertiary/aromatic N) is 1. The Morgan fingerprint density at radius 2 is 1.71 bits per heavy atom. The van der Waals surface area contributed by atoms with E-state index >= 15 is 0 Å².